The Bertz CT molecular complexity index is 917. The summed E-state index contributed by atoms with van der Waals surface area (Å²) in [6.45, 7) is 3.36. The van der Waals surface area contributed by atoms with Crippen LogP contribution in [0.25, 0.3) is 0 Å². The van der Waals surface area contributed by atoms with E-state index in [4.69, 9.17) is 14.9 Å². The molecule has 0 amide bonds. The van der Waals surface area contributed by atoms with Crippen LogP contribution in [0, 0.1) is 62.0 Å². The summed E-state index contributed by atoms with van der Waals surface area (Å²) in [6.07, 6.45) is -1.12. The summed E-state index contributed by atoms with van der Waals surface area (Å²) in [4.78, 5) is 0. The molecule has 26 heavy (non-hydrogen) atoms. The Morgan fingerprint density at radius 3 is 2.42 bits per heavy atom. The summed E-state index contributed by atoms with van der Waals surface area (Å²) in [6, 6.07) is 9.89. The van der Waals surface area contributed by atoms with Crippen molar-refractivity contribution in [3.63, 3.8) is 0 Å². The predicted octanol–water partition coefficient (Wildman–Crippen LogP) is 3.95. The molecule has 8 heteroatoms. The summed E-state index contributed by atoms with van der Waals surface area (Å²) in [5.41, 5.74) is -4.03. The Kier molecular flexibility index (Phi) is 4.07. The van der Waals surface area contributed by atoms with Crippen molar-refractivity contribution >= 4 is 21.8 Å². The van der Waals surface area contributed by atoms with Crippen LogP contribution in [-0.4, -0.2) is 11.7 Å². The molecule has 1 aromatic carbocycles. The Hall–Kier alpha value is -2.47. The maximum atomic E-state index is 14.7. The zero-order valence-corrected chi connectivity index (χ0v) is 15.6. The van der Waals surface area contributed by atoms with Crippen LogP contribution < -0.4 is 0 Å². The van der Waals surface area contributed by atoms with Crippen LogP contribution in [0.1, 0.15) is 31.9 Å². The summed E-state index contributed by atoms with van der Waals surface area (Å²) < 4.78 is 26.8. The third kappa shape index (κ3) is 1.88. The molecular formula is C18H14BrFN4O2. The van der Waals surface area contributed by atoms with E-state index in [-0.39, 0.29) is 12.0 Å². The lowest BCUT2D eigenvalue weighted by Crippen LogP contribution is -2.58. The Labute approximate surface area is 158 Å². The van der Waals surface area contributed by atoms with Crippen molar-refractivity contribution in [1.29, 1.82) is 21.2 Å². The van der Waals surface area contributed by atoms with Crippen molar-refractivity contribution < 1.29 is 13.9 Å². The molecule has 3 rings (SSSR count). The van der Waals surface area contributed by atoms with Crippen molar-refractivity contribution in [2.24, 2.45) is 16.7 Å². The first kappa shape index (κ1) is 18.3. The minimum Gasteiger partial charge on any atom is -0.447 e. The van der Waals surface area contributed by atoms with Gasteiger partial charge in [0.05, 0.1) is 24.1 Å². The smallest absolute Gasteiger partial charge is 0.217 e. The van der Waals surface area contributed by atoms with E-state index in [1.807, 2.05) is 18.2 Å². The summed E-state index contributed by atoms with van der Waals surface area (Å²) in [5, 5.41) is 38.1. The van der Waals surface area contributed by atoms with Gasteiger partial charge in [-0.05, 0) is 12.1 Å². The van der Waals surface area contributed by atoms with Crippen molar-refractivity contribution in [1.82, 2.24) is 0 Å². The van der Waals surface area contributed by atoms with Gasteiger partial charge in [0.25, 0.3) is 0 Å². The second kappa shape index (κ2) is 5.77. The van der Waals surface area contributed by atoms with E-state index in [9.17, 15) is 20.2 Å². The number of hydrogen-bond donors (Lipinski definition) is 1. The molecule has 2 aliphatic rings. The van der Waals surface area contributed by atoms with Gasteiger partial charge in [-0.25, -0.2) is 4.39 Å². The number of fused-ring (bicyclic) bond motifs is 2. The van der Waals surface area contributed by atoms with Gasteiger partial charge in [-0.2, -0.15) is 15.8 Å². The van der Waals surface area contributed by atoms with Gasteiger partial charge in [-0.3, -0.25) is 5.41 Å². The monoisotopic (exact) mass is 416 g/mol. The SMILES string of the molecule is CCC12OC(=N)C(C#N)(C1C)C(C#N)(C#N)C(c1ccc(Br)cc1F)O2. The highest BCUT2D eigenvalue weighted by Gasteiger charge is 2.79. The number of nitrogens with zero attached hydrogens (tertiary/aromatic N) is 3. The Morgan fingerprint density at radius 2 is 1.92 bits per heavy atom. The van der Waals surface area contributed by atoms with Crippen LogP contribution in [0.5, 0.6) is 0 Å². The molecule has 0 aromatic heterocycles. The maximum Gasteiger partial charge on any atom is 0.217 e. The molecule has 2 aliphatic heterocycles. The highest BCUT2D eigenvalue weighted by Crippen LogP contribution is 2.67. The number of rotatable bonds is 2. The molecule has 0 radical (unpaired) electrons. The van der Waals surface area contributed by atoms with Crippen molar-refractivity contribution in [2.45, 2.75) is 32.2 Å². The van der Waals surface area contributed by atoms with E-state index in [2.05, 4.69) is 15.9 Å². The standard InChI is InChI=1S/C18H14BrFN4O2/c1-3-18-10(2)17(9-23,15(24)26-18)16(7-21,8-22)14(25-18)12-5-4-11(19)6-13(12)20/h4-6,10,14,24H,3H2,1-2H3. The average molecular weight is 417 g/mol. The van der Waals surface area contributed by atoms with Gasteiger partial charge in [0, 0.05) is 16.5 Å². The number of hydrogen-bond acceptors (Lipinski definition) is 6. The minimum atomic E-state index is -2.14. The van der Waals surface area contributed by atoms with Crippen LogP contribution in [0.15, 0.2) is 22.7 Å². The van der Waals surface area contributed by atoms with Crippen molar-refractivity contribution in [3.8, 4) is 18.2 Å². The molecule has 0 spiro atoms. The van der Waals surface area contributed by atoms with Gasteiger partial charge in [0.15, 0.2) is 5.41 Å². The summed E-state index contributed by atoms with van der Waals surface area (Å²) in [7, 11) is 0. The molecule has 2 heterocycles. The van der Waals surface area contributed by atoms with Crippen molar-refractivity contribution in [3.05, 3.63) is 34.1 Å². The number of benzene rings is 1. The Morgan fingerprint density at radius 1 is 1.27 bits per heavy atom. The summed E-state index contributed by atoms with van der Waals surface area (Å²) in [5.74, 6) is -3.31. The fraction of sp³-hybridized carbons (Fsp3) is 0.444. The van der Waals surface area contributed by atoms with Crippen LogP contribution >= 0.6 is 15.9 Å². The number of halogens is 2. The largest absolute Gasteiger partial charge is 0.447 e. The molecule has 0 aliphatic carbocycles. The van der Waals surface area contributed by atoms with E-state index in [1.165, 1.54) is 12.1 Å². The van der Waals surface area contributed by atoms with Gasteiger partial charge < -0.3 is 9.47 Å². The van der Waals surface area contributed by atoms with Crippen LogP contribution in [0.4, 0.5) is 4.39 Å². The lowest BCUT2D eigenvalue weighted by Gasteiger charge is -2.48. The molecule has 6 nitrogen and oxygen atoms in total. The third-order valence-electron chi connectivity index (χ3n) is 5.54. The van der Waals surface area contributed by atoms with E-state index in [0.717, 1.165) is 0 Å². The zero-order valence-electron chi connectivity index (χ0n) is 14.0. The number of nitriles is 3. The molecule has 0 saturated carbocycles. The van der Waals surface area contributed by atoms with Crippen molar-refractivity contribution in [2.75, 3.05) is 0 Å². The first-order valence-electron chi connectivity index (χ1n) is 7.93. The second-order valence-electron chi connectivity index (χ2n) is 6.43. The molecule has 4 unspecified atom stereocenters. The quantitative estimate of drug-likeness (QED) is 0.783. The van der Waals surface area contributed by atoms with E-state index < -0.39 is 40.4 Å². The molecular weight excluding hydrogens is 403 g/mol. The molecule has 4 atom stereocenters. The lowest BCUT2D eigenvalue weighted by atomic mass is 9.53. The van der Waals surface area contributed by atoms with E-state index >= 15 is 0 Å². The fourth-order valence-corrected chi connectivity index (χ4v) is 4.37. The van der Waals surface area contributed by atoms with E-state index in [1.54, 1.807) is 19.9 Å². The van der Waals surface area contributed by atoms with Gasteiger partial charge in [-0.15, -0.1) is 0 Å². The second-order valence-corrected chi connectivity index (χ2v) is 7.35. The first-order valence-corrected chi connectivity index (χ1v) is 8.72. The van der Waals surface area contributed by atoms with Gasteiger partial charge in [0.2, 0.25) is 17.1 Å². The van der Waals surface area contributed by atoms with Gasteiger partial charge in [0.1, 0.15) is 11.9 Å². The molecule has 132 valence electrons. The van der Waals surface area contributed by atoms with Crippen LogP contribution in [-0.2, 0) is 9.47 Å². The van der Waals surface area contributed by atoms with Gasteiger partial charge >= 0.3 is 0 Å². The highest BCUT2D eigenvalue weighted by atomic mass is 79.9. The van der Waals surface area contributed by atoms with Gasteiger partial charge in [-0.1, -0.05) is 35.8 Å². The normalized spacial score (nSPS) is 34.3. The summed E-state index contributed by atoms with van der Waals surface area (Å²) >= 11 is 3.16. The highest BCUT2D eigenvalue weighted by molar-refractivity contribution is 9.10. The molecule has 1 aromatic rings. The van der Waals surface area contributed by atoms with E-state index in [0.29, 0.717) is 4.47 Å². The lowest BCUT2D eigenvalue weighted by molar-refractivity contribution is -0.280. The maximum absolute atomic E-state index is 14.7. The number of nitrogens with one attached hydrogen (secondary N) is 1. The van der Waals surface area contributed by atoms with Crippen LogP contribution in [0.3, 0.4) is 0 Å². The molecule has 2 saturated heterocycles. The Balaban J connectivity index is 2.36. The average Bonchev–Trinajstić information content (AvgIpc) is 2.78. The predicted molar refractivity (Wildman–Crippen MR) is 90.6 cm³/mol. The fourth-order valence-electron chi connectivity index (χ4n) is 4.04. The topological polar surface area (TPSA) is 114 Å². The molecule has 2 bridgehead atoms. The number of ether oxygens (including phenoxy) is 2. The molecule has 2 fully saturated rings. The first-order chi connectivity index (χ1) is 12.3. The third-order valence-corrected chi connectivity index (χ3v) is 6.03. The zero-order chi connectivity index (χ0) is 19.3. The molecule has 1 N–H and O–H groups in total. The minimum absolute atomic E-state index is 0.0287. The van der Waals surface area contributed by atoms with Crippen LogP contribution in [0.2, 0.25) is 0 Å².